The molecule has 4 N–H and O–H groups in total. The number of rotatable bonds is 9. The van der Waals surface area contributed by atoms with Crippen LogP contribution in [0.3, 0.4) is 0 Å². The van der Waals surface area contributed by atoms with Crippen LogP contribution in [0.4, 0.5) is 5.69 Å². The molecule has 1 unspecified atom stereocenters. The number of aliphatic carboxylic acids is 2. The maximum atomic E-state index is 12.1. The number of benzene rings is 1. The van der Waals surface area contributed by atoms with E-state index in [0.29, 0.717) is 11.3 Å². The molecular formula is C18H21N3O5. The van der Waals surface area contributed by atoms with Gasteiger partial charge < -0.3 is 20.8 Å². The van der Waals surface area contributed by atoms with Crippen molar-refractivity contribution < 1.29 is 24.6 Å². The molecule has 1 rings (SSSR count). The molecule has 1 amide bonds. The Hall–Kier alpha value is -3.34. The van der Waals surface area contributed by atoms with E-state index in [0.717, 1.165) is 0 Å². The van der Waals surface area contributed by atoms with Crippen molar-refractivity contribution in [1.29, 1.82) is 5.26 Å². The van der Waals surface area contributed by atoms with Crippen LogP contribution in [-0.2, 0) is 20.8 Å². The molecule has 8 heteroatoms. The zero-order valence-corrected chi connectivity index (χ0v) is 14.5. The Bertz CT molecular complexity index is 732. The normalized spacial score (nSPS) is 12.2. The Kier molecular flexibility index (Phi) is 7.83. The highest BCUT2D eigenvalue weighted by Gasteiger charge is 2.22. The third kappa shape index (κ3) is 7.05. The fourth-order valence-electron chi connectivity index (χ4n) is 2.13. The average Bonchev–Trinajstić information content (AvgIpc) is 2.55. The smallest absolute Gasteiger partial charge is 0.326 e. The van der Waals surface area contributed by atoms with Crippen molar-refractivity contribution in [2.24, 2.45) is 5.92 Å². The van der Waals surface area contributed by atoms with Gasteiger partial charge in [0.05, 0.1) is 6.42 Å². The Labute approximate surface area is 151 Å². The molecule has 0 aromatic heterocycles. The molecule has 0 heterocycles. The first-order chi connectivity index (χ1) is 12.2. The lowest BCUT2D eigenvalue weighted by molar-refractivity contribution is -0.141. The van der Waals surface area contributed by atoms with Crippen molar-refractivity contribution >= 4 is 23.5 Å². The standard InChI is InChI=1S/C18H21N3O5/c1-11(2)7-15(18(25)26)21-17(24)13(9-19)10-20-14-5-3-12(4-6-14)8-16(22)23/h3-6,10-11,15,20H,7-8H2,1-2H3,(H,21,24)(H,22,23)(H,25,26)/b13-10-. The summed E-state index contributed by atoms with van der Waals surface area (Å²) in [5.41, 5.74) is 0.898. The van der Waals surface area contributed by atoms with Crippen molar-refractivity contribution in [3.05, 3.63) is 41.6 Å². The third-order valence-electron chi connectivity index (χ3n) is 3.37. The second-order valence-corrected chi connectivity index (χ2v) is 6.08. The molecule has 0 radical (unpaired) electrons. The van der Waals surface area contributed by atoms with Crippen LogP contribution in [0.5, 0.6) is 0 Å². The second kappa shape index (κ2) is 9.84. The van der Waals surface area contributed by atoms with Gasteiger partial charge in [-0.05, 0) is 30.0 Å². The molecule has 0 aliphatic rings. The molecule has 1 aromatic rings. The first kappa shape index (κ1) is 20.7. The highest BCUT2D eigenvalue weighted by molar-refractivity contribution is 5.99. The van der Waals surface area contributed by atoms with Crippen LogP contribution in [0.2, 0.25) is 0 Å². The number of anilines is 1. The molecule has 26 heavy (non-hydrogen) atoms. The van der Waals surface area contributed by atoms with Gasteiger partial charge in [-0.2, -0.15) is 5.26 Å². The van der Waals surface area contributed by atoms with E-state index in [2.05, 4.69) is 10.6 Å². The maximum Gasteiger partial charge on any atom is 0.326 e. The summed E-state index contributed by atoms with van der Waals surface area (Å²) < 4.78 is 0. The number of nitrogens with one attached hydrogen (secondary N) is 2. The van der Waals surface area contributed by atoms with E-state index in [1.165, 1.54) is 6.20 Å². The minimum Gasteiger partial charge on any atom is -0.481 e. The molecule has 0 aliphatic carbocycles. The van der Waals surface area contributed by atoms with Gasteiger partial charge in [-0.1, -0.05) is 26.0 Å². The zero-order valence-electron chi connectivity index (χ0n) is 14.5. The number of hydrogen-bond donors (Lipinski definition) is 4. The van der Waals surface area contributed by atoms with Crippen LogP contribution < -0.4 is 10.6 Å². The van der Waals surface area contributed by atoms with E-state index >= 15 is 0 Å². The molecule has 138 valence electrons. The minimum atomic E-state index is -1.16. The van der Waals surface area contributed by atoms with Crippen molar-refractivity contribution in [3.8, 4) is 6.07 Å². The van der Waals surface area contributed by atoms with Gasteiger partial charge >= 0.3 is 11.9 Å². The Balaban J connectivity index is 2.77. The summed E-state index contributed by atoms with van der Waals surface area (Å²) in [5, 5.41) is 32.1. The number of nitriles is 1. The monoisotopic (exact) mass is 359 g/mol. The van der Waals surface area contributed by atoms with Crippen molar-refractivity contribution in [1.82, 2.24) is 5.32 Å². The topological polar surface area (TPSA) is 140 Å². The Morgan fingerprint density at radius 3 is 2.27 bits per heavy atom. The van der Waals surface area contributed by atoms with E-state index in [4.69, 9.17) is 15.5 Å². The van der Waals surface area contributed by atoms with E-state index in [1.807, 2.05) is 13.8 Å². The summed E-state index contributed by atoms with van der Waals surface area (Å²) in [6, 6.07) is 7.09. The van der Waals surface area contributed by atoms with E-state index in [-0.39, 0.29) is 24.3 Å². The van der Waals surface area contributed by atoms with Crippen molar-refractivity contribution in [3.63, 3.8) is 0 Å². The third-order valence-corrected chi connectivity index (χ3v) is 3.37. The van der Waals surface area contributed by atoms with Gasteiger partial charge in [0.2, 0.25) is 0 Å². The lowest BCUT2D eigenvalue weighted by Gasteiger charge is -2.16. The Morgan fingerprint density at radius 2 is 1.81 bits per heavy atom. The van der Waals surface area contributed by atoms with Crippen LogP contribution in [-0.4, -0.2) is 34.1 Å². The summed E-state index contributed by atoms with van der Waals surface area (Å²) in [4.78, 5) is 33.9. The lowest BCUT2D eigenvalue weighted by Crippen LogP contribution is -2.42. The second-order valence-electron chi connectivity index (χ2n) is 6.08. The van der Waals surface area contributed by atoms with Crippen LogP contribution in [0.25, 0.3) is 0 Å². The summed E-state index contributed by atoms with van der Waals surface area (Å²) in [6.07, 6.45) is 1.32. The summed E-state index contributed by atoms with van der Waals surface area (Å²) in [7, 11) is 0. The van der Waals surface area contributed by atoms with E-state index in [9.17, 15) is 14.4 Å². The van der Waals surface area contributed by atoms with Gasteiger partial charge in [-0.3, -0.25) is 9.59 Å². The molecule has 0 aliphatic heterocycles. The van der Waals surface area contributed by atoms with Crippen molar-refractivity contribution in [2.45, 2.75) is 32.7 Å². The number of hydrogen-bond acceptors (Lipinski definition) is 5. The average molecular weight is 359 g/mol. The predicted molar refractivity (Wildman–Crippen MR) is 94.1 cm³/mol. The largest absolute Gasteiger partial charge is 0.481 e. The first-order valence-electron chi connectivity index (χ1n) is 7.94. The molecule has 0 bridgehead atoms. The molecule has 0 saturated carbocycles. The maximum absolute atomic E-state index is 12.1. The van der Waals surface area contributed by atoms with Crippen molar-refractivity contribution in [2.75, 3.05) is 5.32 Å². The molecule has 1 aromatic carbocycles. The number of carboxylic acid groups (broad SMARTS) is 2. The van der Waals surface area contributed by atoms with Gasteiger partial charge in [0.15, 0.2) is 0 Å². The Morgan fingerprint density at radius 1 is 1.19 bits per heavy atom. The number of nitrogens with zero attached hydrogens (tertiary/aromatic N) is 1. The molecule has 1 atom stereocenters. The molecule has 8 nitrogen and oxygen atoms in total. The zero-order chi connectivity index (χ0) is 19.7. The molecule has 0 spiro atoms. The summed E-state index contributed by atoms with van der Waals surface area (Å²) in [5.74, 6) is -2.82. The van der Waals surface area contributed by atoms with Gasteiger partial charge in [0.1, 0.15) is 17.7 Å². The van der Waals surface area contributed by atoms with Crippen LogP contribution >= 0.6 is 0 Å². The van der Waals surface area contributed by atoms with Gasteiger partial charge in [0.25, 0.3) is 5.91 Å². The van der Waals surface area contributed by atoms with Gasteiger partial charge in [0, 0.05) is 11.9 Å². The first-order valence-corrected chi connectivity index (χ1v) is 7.94. The minimum absolute atomic E-state index is 0.0633. The van der Waals surface area contributed by atoms with Gasteiger partial charge in [-0.25, -0.2) is 4.79 Å². The molecule has 0 saturated heterocycles. The summed E-state index contributed by atoms with van der Waals surface area (Å²) in [6.45, 7) is 3.66. The number of carbonyl (C=O) groups excluding carboxylic acids is 1. The van der Waals surface area contributed by atoms with E-state index in [1.54, 1.807) is 30.3 Å². The number of carbonyl (C=O) groups is 3. The fraction of sp³-hybridized carbons (Fsp3) is 0.333. The predicted octanol–water partition coefficient (Wildman–Crippen LogP) is 1.75. The number of amides is 1. The van der Waals surface area contributed by atoms with E-state index < -0.39 is 23.9 Å². The quantitative estimate of drug-likeness (QED) is 0.389. The molecular weight excluding hydrogens is 338 g/mol. The molecule has 0 fully saturated rings. The lowest BCUT2D eigenvalue weighted by atomic mass is 10.0. The number of carboxylic acids is 2. The van der Waals surface area contributed by atoms with Gasteiger partial charge in [-0.15, -0.1) is 0 Å². The van der Waals surface area contributed by atoms with Crippen LogP contribution in [0.15, 0.2) is 36.0 Å². The van der Waals surface area contributed by atoms with Crippen LogP contribution in [0.1, 0.15) is 25.8 Å². The van der Waals surface area contributed by atoms with Crippen LogP contribution in [0, 0.1) is 17.2 Å². The highest BCUT2D eigenvalue weighted by atomic mass is 16.4. The SMILES string of the molecule is CC(C)CC(NC(=O)/C(C#N)=C\Nc1ccc(CC(=O)O)cc1)C(=O)O. The summed E-state index contributed by atoms with van der Waals surface area (Å²) >= 11 is 0. The fourth-order valence-corrected chi connectivity index (χ4v) is 2.13. The highest BCUT2D eigenvalue weighted by Crippen LogP contribution is 2.11.